The van der Waals surface area contributed by atoms with Gasteiger partial charge in [0.25, 0.3) is 0 Å². The Kier molecular flexibility index (Phi) is 4.22. The minimum absolute atomic E-state index is 0.0679. The number of ether oxygens (including phenoxy) is 2. The van der Waals surface area contributed by atoms with E-state index in [2.05, 4.69) is 20.8 Å². The molecule has 0 saturated heterocycles. The van der Waals surface area contributed by atoms with E-state index < -0.39 is 11.4 Å². The van der Waals surface area contributed by atoms with E-state index in [1.807, 2.05) is 33.5 Å². The second kappa shape index (κ2) is 6.73. The van der Waals surface area contributed by atoms with Crippen LogP contribution in [0.15, 0.2) is 41.3 Å². The predicted octanol–water partition coefficient (Wildman–Crippen LogP) is 3.45. The van der Waals surface area contributed by atoms with Crippen molar-refractivity contribution < 1.29 is 19.4 Å². The minimum atomic E-state index is -1.22. The molecule has 2 aliphatic heterocycles. The first-order valence-corrected chi connectivity index (χ1v) is 10.2. The summed E-state index contributed by atoms with van der Waals surface area (Å²) in [5.41, 5.74) is 2.16. The van der Waals surface area contributed by atoms with Crippen LogP contribution in [0, 0.1) is 5.41 Å². The Hall–Kier alpha value is -3.55. The van der Waals surface area contributed by atoms with Gasteiger partial charge in [0.1, 0.15) is 18.8 Å². The SMILES string of the molecule is CC(C)(C)[C@@H]1Cn2nc(-c3ccc4c(c3)OCCO4)cc2-c2cc(=O)c(C(=O)O)cn21. The summed E-state index contributed by atoms with van der Waals surface area (Å²) in [4.78, 5) is 24.0. The van der Waals surface area contributed by atoms with Gasteiger partial charge in [0.2, 0.25) is 0 Å². The maximum atomic E-state index is 12.5. The zero-order chi connectivity index (χ0) is 21.9. The van der Waals surface area contributed by atoms with Crippen molar-refractivity contribution in [2.24, 2.45) is 5.41 Å². The summed E-state index contributed by atoms with van der Waals surface area (Å²) in [5.74, 6) is 0.180. The normalized spacial score (nSPS) is 17.1. The summed E-state index contributed by atoms with van der Waals surface area (Å²) in [6.07, 6.45) is 1.47. The molecule has 8 nitrogen and oxygen atoms in total. The Bertz CT molecular complexity index is 1270. The summed E-state index contributed by atoms with van der Waals surface area (Å²) < 4.78 is 15.1. The zero-order valence-corrected chi connectivity index (χ0v) is 17.6. The molecule has 5 rings (SSSR count). The number of nitrogens with zero attached hydrogens (tertiary/aromatic N) is 3. The highest BCUT2D eigenvalue weighted by Gasteiger charge is 2.34. The highest BCUT2D eigenvalue weighted by Crippen LogP contribution is 2.41. The molecule has 3 aromatic rings. The van der Waals surface area contributed by atoms with E-state index in [0.29, 0.717) is 37.0 Å². The fraction of sp³-hybridized carbons (Fsp3) is 0.348. The minimum Gasteiger partial charge on any atom is -0.486 e. The number of rotatable bonds is 2. The topological polar surface area (TPSA) is 95.6 Å². The van der Waals surface area contributed by atoms with Gasteiger partial charge >= 0.3 is 5.97 Å². The second-order valence-electron chi connectivity index (χ2n) is 8.99. The molecule has 2 aromatic heterocycles. The van der Waals surface area contributed by atoms with Gasteiger partial charge in [-0.15, -0.1) is 0 Å². The van der Waals surface area contributed by atoms with Crippen molar-refractivity contribution >= 4 is 5.97 Å². The van der Waals surface area contributed by atoms with Crippen molar-refractivity contribution in [1.82, 2.24) is 14.3 Å². The molecule has 0 bridgehead atoms. The summed E-state index contributed by atoms with van der Waals surface area (Å²) in [6, 6.07) is 8.98. The third kappa shape index (κ3) is 3.19. The number of benzene rings is 1. The van der Waals surface area contributed by atoms with Crippen molar-refractivity contribution in [2.75, 3.05) is 13.2 Å². The molecule has 0 saturated carbocycles. The van der Waals surface area contributed by atoms with Crippen molar-refractivity contribution in [3.05, 3.63) is 52.3 Å². The van der Waals surface area contributed by atoms with Crippen LogP contribution in [0.5, 0.6) is 11.5 Å². The van der Waals surface area contributed by atoms with Gasteiger partial charge in [-0.25, -0.2) is 4.79 Å². The molecule has 160 valence electrons. The lowest BCUT2D eigenvalue weighted by Crippen LogP contribution is -2.35. The van der Waals surface area contributed by atoms with Crippen LogP contribution >= 0.6 is 0 Å². The smallest absolute Gasteiger partial charge is 0.341 e. The van der Waals surface area contributed by atoms with Gasteiger partial charge in [-0.3, -0.25) is 9.48 Å². The number of aromatic carboxylic acids is 1. The summed E-state index contributed by atoms with van der Waals surface area (Å²) in [7, 11) is 0. The van der Waals surface area contributed by atoms with Crippen molar-refractivity contribution in [2.45, 2.75) is 33.4 Å². The number of hydrogen-bond acceptors (Lipinski definition) is 5. The van der Waals surface area contributed by atoms with E-state index in [1.54, 1.807) is 0 Å². The number of fused-ring (bicyclic) bond motifs is 4. The van der Waals surface area contributed by atoms with Crippen molar-refractivity contribution in [3.8, 4) is 34.1 Å². The highest BCUT2D eigenvalue weighted by molar-refractivity contribution is 5.87. The number of carbonyl (C=O) groups is 1. The van der Waals surface area contributed by atoms with Crippen LogP contribution in [0.1, 0.15) is 37.2 Å². The second-order valence-corrected chi connectivity index (χ2v) is 8.99. The van der Waals surface area contributed by atoms with Crippen LogP contribution < -0.4 is 14.9 Å². The van der Waals surface area contributed by atoms with Gasteiger partial charge in [-0.2, -0.15) is 5.10 Å². The maximum Gasteiger partial charge on any atom is 0.341 e. The molecule has 2 aliphatic rings. The van der Waals surface area contributed by atoms with Crippen LogP contribution in [-0.2, 0) is 6.54 Å². The lowest BCUT2D eigenvalue weighted by atomic mass is 9.85. The molecular weight excluding hydrogens is 398 g/mol. The van der Waals surface area contributed by atoms with E-state index in [9.17, 15) is 14.7 Å². The summed E-state index contributed by atoms with van der Waals surface area (Å²) in [6.45, 7) is 7.88. The van der Waals surface area contributed by atoms with E-state index in [4.69, 9.17) is 14.6 Å². The van der Waals surface area contributed by atoms with E-state index >= 15 is 0 Å². The lowest BCUT2D eigenvalue weighted by molar-refractivity contribution is 0.0693. The first-order chi connectivity index (χ1) is 14.7. The van der Waals surface area contributed by atoms with Crippen LogP contribution in [0.2, 0.25) is 0 Å². The third-order valence-electron chi connectivity index (χ3n) is 5.87. The first-order valence-electron chi connectivity index (χ1n) is 10.2. The number of aromatic nitrogens is 3. The van der Waals surface area contributed by atoms with Gasteiger partial charge < -0.3 is 19.1 Å². The Balaban J connectivity index is 1.66. The summed E-state index contributed by atoms with van der Waals surface area (Å²) in [5, 5.41) is 14.3. The molecule has 1 N–H and O–H groups in total. The number of pyridine rings is 1. The fourth-order valence-electron chi connectivity index (χ4n) is 4.22. The Labute approximate surface area is 178 Å². The quantitative estimate of drug-likeness (QED) is 0.681. The third-order valence-corrected chi connectivity index (χ3v) is 5.87. The Morgan fingerprint density at radius 3 is 2.55 bits per heavy atom. The van der Waals surface area contributed by atoms with Gasteiger partial charge in [-0.1, -0.05) is 20.8 Å². The van der Waals surface area contributed by atoms with Gasteiger partial charge in [-0.05, 0) is 29.7 Å². The van der Waals surface area contributed by atoms with Crippen LogP contribution in [0.3, 0.4) is 0 Å². The standard InChI is InChI=1S/C23H23N3O5/c1-23(2,3)21-12-26-17(16-10-18(27)14(22(28)29)11-25(16)21)9-15(24-26)13-4-5-19-20(8-13)31-7-6-30-19/h4-5,8-11,21H,6-7,12H2,1-3H3,(H,28,29)/t21-/m0/s1. The molecule has 31 heavy (non-hydrogen) atoms. The van der Waals surface area contributed by atoms with Crippen molar-refractivity contribution in [1.29, 1.82) is 0 Å². The molecule has 1 atom stereocenters. The molecule has 0 spiro atoms. The molecule has 0 aliphatic carbocycles. The lowest BCUT2D eigenvalue weighted by Gasteiger charge is -2.38. The van der Waals surface area contributed by atoms with Crippen molar-refractivity contribution in [3.63, 3.8) is 0 Å². The van der Waals surface area contributed by atoms with E-state index in [1.165, 1.54) is 12.3 Å². The molecule has 0 unspecified atom stereocenters. The van der Waals surface area contributed by atoms with Crippen LogP contribution in [0.4, 0.5) is 0 Å². The Morgan fingerprint density at radius 1 is 1.10 bits per heavy atom. The van der Waals surface area contributed by atoms with Crippen LogP contribution in [0.25, 0.3) is 22.6 Å². The zero-order valence-electron chi connectivity index (χ0n) is 17.6. The van der Waals surface area contributed by atoms with Crippen LogP contribution in [-0.4, -0.2) is 38.6 Å². The molecule has 1 aromatic carbocycles. The Morgan fingerprint density at radius 2 is 1.84 bits per heavy atom. The van der Waals surface area contributed by atoms with Gasteiger partial charge in [0, 0.05) is 17.8 Å². The monoisotopic (exact) mass is 421 g/mol. The largest absolute Gasteiger partial charge is 0.486 e. The molecule has 8 heteroatoms. The van der Waals surface area contributed by atoms with Gasteiger partial charge in [0.15, 0.2) is 16.9 Å². The maximum absolute atomic E-state index is 12.5. The molecule has 0 amide bonds. The fourth-order valence-corrected chi connectivity index (χ4v) is 4.22. The predicted molar refractivity (Wildman–Crippen MR) is 114 cm³/mol. The summed E-state index contributed by atoms with van der Waals surface area (Å²) >= 11 is 0. The molecule has 0 radical (unpaired) electrons. The van der Waals surface area contributed by atoms with Gasteiger partial charge in [0.05, 0.1) is 29.7 Å². The number of carboxylic acids is 1. The van der Waals surface area contributed by atoms with E-state index in [0.717, 1.165) is 17.0 Å². The molecule has 4 heterocycles. The molecule has 0 fully saturated rings. The average Bonchev–Trinajstić information content (AvgIpc) is 3.16. The number of hydrogen-bond donors (Lipinski definition) is 1. The molecular formula is C23H23N3O5. The number of carboxylic acid groups (broad SMARTS) is 1. The van der Waals surface area contributed by atoms with E-state index in [-0.39, 0.29) is 17.0 Å². The average molecular weight is 421 g/mol. The highest BCUT2D eigenvalue weighted by atomic mass is 16.6. The first kappa shape index (κ1) is 19.4.